The Hall–Kier alpha value is -2.29. The molecule has 3 saturated carbocycles. The van der Waals surface area contributed by atoms with Crippen molar-refractivity contribution in [2.45, 2.75) is 89.7 Å². The van der Waals surface area contributed by atoms with Gasteiger partial charge >= 0.3 is 11.9 Å². The van der Waals surface area contributed by atoms with Crippen molar-refractivity contribution in [1.29, 1.82) is 0 Å². The molecule has 0 aromatic carbocycles. The van der Waals surface area contributed by atoms with Crippen molar-refractivity contribution in [3.8, 4) is 0 Å². The van der Waals surface area contributed by atoms with Gasteiger partial charge in [0.1, 0.15) is 11.8 Å². The molecule has 1 saturated heterocycles. The minimum atomic E-state index is -1.67. The molecule has 8 nitrogen and oxygen atoms in total. The van der Waals surface area contributed by atoms with Crippen LogP contribution in [0.15, 0.2) is 23.5 Å². The average Bonchev–Trinajstić information content (AvgIpc) is 3.29. The number of hydrogen-bond acceptors (Lipinski definition) is 7. The third-order valence-electron chi connectivity index (χ3n) is 10.6. The number of fused-ring (bicyclic) bond motifs is 5. The van der Waals surface area contributed by atoms with Crippen LogP contribution in [0.1, 0.15) is 73.1 Å². The number of aliphatic hydroxyl groups excluding tert-OH is 1. The van der Waals surface area contributed by atoms with Crippen LogP contribution in [0.4, 0.5) is 0 Å². The number of ketones is 1. The van der Waals surface area contributed by atoms with Crippen LogP contribution in [-0.4, -0.2) is 61.0 Å². The Morgan fingerprint density at radius 2 is 1.73 bits per heavy atom. The lowest BCUT2D eigenvalue weighted by molar-refractivity contribution is -0.204. The van der Waals surface area contributed by atoms with E-state index in [4.69, 9.17) is 4.74 Å². The quantitative estimate of drug-likeness (QED) is 0.519. The first-order chi connectivity index (χ1) is 17.2. The summed E-state index contributed by atoms with van der Waals surface area (Å²) in [6.07, 6.45) is 6.49. The van der Waals surface area contributed by atoms with Gasteiger partial charge in [-0.3, -0.25) is 9.59 Å². The summed E-state index contributed by atoms with van der Waals surface area (Å²) in [5.41, 5.74) is -2.11. The van der Waals surface area contributed by atoms with Crippen LogP contribution in [0.5, 0.6) is 0 Å². The van der Waals surface area contributed by atoms with Gasteiger partial charge in [-0.05, 0) is 83.1 Å². The highest BCUT2D eigenvalue weighted by atomic mass is 32.2. The molecule has 0 spiro atoms. The van der Waals surface area contributed by atoms with E-state index in [1.807, 2.05) is 27.7 Å². The van der Waals surface area contributed by atoms with Gasteiger partial charge in [-0.1, -0.05) is 12.5 Å². The molecular weight excluding hydrogens is 494 g/mol. The molecule has 4 aliphatic carbocycles. The lowest BCUT2D eigenvalue weighted by Crippen LogP contribution is -2.61. The number of allylic oxidation sites excluding steroid dienone is 3. The Morgan fingerprint density at radius 3 is 2.38 bits per heavy atom. The SMILES string of the molecule is CC(=O)N1[C@H](C(=O)O[C@]2(C(=O)O)CC[C@H]3[C@@H]4CCC5=CC(=O)C=C(O)[C@]5(C)[C@H]4CC[C@@]32C)CSC1(C)C. The molecule has 0 aromatic heterocycles. The van der Waals surface area contributed by atoms with Crippen molar-refractivity contribution in [3.05, 3.63) is 23.5 Å². The lowest BCUT2D eigenvalue weighted by Gasteiger charge is -2.58. The van der Waals surface area contributed by atoms with Crippen LogP contribution in [0, 0.1) is 28.6 Å². The summed E-state index contributed by atoms with van der Waals surface area (Å²) in [6, 6.07) is -0.823. The molecule has 4 fully saturated rings. The van der Waals surface area contributed by atoms with E-state index < -0.39 is 39.3 Å². The van der Waals surface area contributed by atoms with Crippen LogP contribution >= 0.6 is 11.8 Å². The Morgan fingerprint density at radius 1 is 1.05 bits per heavy atom. The van der Waals surface area contributed by atoms with Gasteiger partial charge in [0, 0.05) is 29.6 Å². The topological polar surface area (TPSA) is 121 Å². The monoisotopic (exact) mass is 531 g/mol. The molecule has 0 bridgehead atoms. The summed E-state index contributed by atoms with van der Waals surface area (Å²) in [4.78, 5) is 51.9. The third kappa shape index (κ3) is 3.48. The smallest absolute Gasteiger partial charge is 0.348 e. The molecule has 1 amide bonds. The summed E-state index contributed by atoms with van der Waals surface area (Å²) in [6.45, 7) is 9.13. The van der Waals surface area contributed by atoms with Gasteiger partial charge in [0.25, 0.3) is 0 Å². The van der Waals surface area contributed by atoms with Crippen molar-refractivity contribution >= 4 is 35.4 Å². The molecule has 5 rings (SSSR count). The summed E-state index contributed by atoms with van der Waals surface area (Å²) < 4.78 is 6.07. The predicted molar refractivity (Wildman–Crippen MR) is 137 cm³/mol. The standard InChI is InChI=1S/C28H37NO7S/c1-15(30)29-21(14-37-25(29,2)3)23(33)36-28(24(34)35)11-9-19-18-7-6-16-12-17(31)13-22(32)27(16,5)20(18)8-10-26(19,28)4/h12-13,18-21,32H,6-11,14H2,1-5H3,(H,34,35)/t18-,19-,20-,21-,26-,27-,28-/m0/s1. The van der Waals surface area contributed by atoms with E-state index in [2.05, 4.69) is 0 Å². The van der Waals surface area contributed by atoms with Crippen molar-refractivity contribution in [1.82, 2.24) is 4.90 Å². The molecule has 9 heteroatoms. The number of ether oxygens (including phenoxy) is 1. The molecule has 7 atom stereocenters. The summed E-state index contributed by atoms with van der Waals surface area (Å²) in [5, 5.41) is 21.5. The number of aliphatic carboxylic acids is 1. The van der Waals surface area contributed by atoms with Crippen molar-refractivity contribution in [2.24, 2.45) is 28.6 Å². The maximum absolute atomic E-state index is 13.6. The van der Waals surface area contributed by atoms with Crippen LogP contribution in [0.2, 0.25) is 0 Å². The van der Waals surface area contributed by atoms with Crippen LogP contribution in [0.25, 0.3) is 0 Å². The van der Waals surface area contributed by atoms with Gasteiger partial charge in [-0.15, -0.1) is 11.8 Å². The van der Waals surface area contributed by atoms with E-state index in [0.717, 1.165) is 12.0 Å². The molecule has 0 unspecified atom stereocenters. The highest BCUT2D eigenvalue weighted by Gasteiger charge is 2.70. The second-order valence-electron chi connectivity index (χ2n) is 12.4. The Labute approximate surface area is 221 Å². The van der Waals surface area contributed by atoms with Gasteiger partial charge < -0.3 is 19.8 Å². The highest BCUT2D eigenvalue weighted by molar-refractivity contribution is 8.00. The number of thioether (sulfide) groups is 1. The van der Waals surface area contributed by atoms with E-state index in [-0.39, 0.29) is 41.6 Å². The second-order valence-corrected chi connectivity index (χ2v) is 14.1. The van der Waals surface area contributed by atoms with Crippen LogP contribution in [0.3, 0.4) is 0 Å². The number of carboxylic acid groups (broad SMARTS) is 1. The van der Waals surface area contributed by atoms with Crippen LogP contribution < -0.4 is 0 Å². The van der Waals surface area contributed by atoms with E-state index in [0.29, 0.717) is 31.4 Å². The van der Waals surface area contributed by atoms with Gasteiger partial charge in [-0.2, -0.15) is 0 Å². The fourth-order valence-corrected chi connectivity index (χ4v) is 9.92. The van der Waals surface area contributed by atoms with Gasteiger partial charge in [0.05, 0.1) is 4.87 Å². The van der Waals surface area contributed by atoms with Gasteiger partial charge in [0.15, 0.2) is 5.78 Å². The number of carbonyl (C=O) groups is 4. The van der Waals surface area contributed by atoms with Crippen molar-refractivity contribution < 1.29 is 34.1 Å². The van der Waals surface area contributed by atoms with Crippen molar-refractivity contribution in [3.63, 3.8) is 0 Å². The fraction of sp³-hybridized carbons (Fsp3) is 0.714. The normalized spacial score (nSPS) is 42.2. The summed E-state index contributed by atoms with van der Waals surface area (Å²) in [7, 11) is 0. The Balaban J connectivity index is 1.46. The van der Waals surface area contributed by atoms with E-state index in [1.54, 1.807) is 6.08 Å². The summed E-state index contributed by atoms with van der Waals surface area (Å²) >= 11 is 1.48. The molecule has 37 heavy (non-hydrogen) atoms. The molecule has 202 valence electrons. The summed E-state index contributed by atoms with van der Waals surface area (Å²) in [5.74, 6) is -1.52. The molecule has 1 aliphatic heterocycles. The molecule has 0 aromatic rings. The van der Waals surface area contributed by atoms with Gasteiger partial charge in [-0.25, -0.2) is 9.59 Å². The molecular formula is C28H37NO7S. The lowest BCUT2D eigenvalue weighted by atomic mass is 9.47. The minimum absolute atomic E-state index is 0.00254. The van der Waals surface area contributed by atoms with Crippen molar-refractivity contribution in [2.75, 3.05) is 5.75 Å². The number of carbonyl (C=O) groups excluding carboxylic acids is 3. The number of hydrogen-bond donors (Lipinski definition) is 2. The maximum atomic E-state index is 13.6. The number of carboxylic acids is 1. The third-order valence-corrected chi connectivity index (χ3v) is 11.9. The molecule has 2 N–H and O–H groups in total. The zero-order chi connectivity index (χ0) is 27.1. The molecule has 1 heterocycles. The number of aliphatic hydroxyl groups is 1. The Kier molecular flexibility index (Phi) is 5.94. The molecule has 5 aliphatic rings. The minimum Gasteiger partial charge on any atom is -0.511 e. The van der Waals surface area contributed by atoms with E-state index in [9.17, 15) is 29.4 Å². The maximum Gasteiger partial charge on any atom is 0.348 e. The largest absolute Gasteiger partial charge is 0.511 e. The van der Waals surface area contributed by atoms with Gasteiger partial charge in [0.2, 0.25) is 11.5 Å². The first kappa shape index (κ1) is 26.3. The zero-order valence-electron chi connectivity index (χ0n) is 22.2. The zero-order valence-corrected chi connectivity index (χ0v) is 23.0. The number of esters is 1. The first-order valence-corrected chi connectivity index (χ1v) is 14.2. The average molecular weight is 532 g/mol. The van der Waals surface area contributed by atoms with E-state index in [1.165, 1.54) is 29.7 Å². The fourth-order valence-electron chi connectivity index (χ4n) is 8.68. The highest BCUT2D eigenvalue weighted by Crippen LogP contribution is 2.68. The Bertz CT molecular complexity index is 1140. The predicted octanol–water partition coefficient (Wildman–Crippen LogP) is 4.25. The molecule has 0 radical (unpaired) electrons. The first-order valence-electron chi connectivity index (χ1n) is 13.3. The number of rotatable bonds is 3. The number of nitrogens with zero attached hydrogens (tertiary/aromatic N) is 1. The van der Waals surface area contributed by atoms with Crippen LogP contribution in [-0.2, 0) is 23.9 Å². The van der Waals surface area contributed by atoms with E-state index >= 15 is 0 Å². The second kappa shape index (κ2) is 8.35. The number of amides is 1.